The lowest BCUT2D eigenvalue weighted by atomic mass is 10.0. The van der Waals surface area contributed by atoms with Gasteiger partial charge in [0.1, 0.15) is 0 Å². The maximum atomic E-state index is 12.8. The third-order valence-electron chi connectivity index (χ3n) is 1.83. The fourth-order valence-corrected chi connectivity index (χ4v) is 1.03. The predicted molar refractivity (Wildman–Crippen MR) is 47.1 cm³/mol. The van der Waals surface area contributed by atoms with E-state index in [0.29, 0.717) is 0 Å². The van der Waals surface area contributed by atoms with Gasteiger partial charge in [0, 0.05) is 6.07 Å². The van der Waals surface area contributed by atoms with Gasteiger partial charge in [-0.1, -0.05) is 19.9 Å². The van der Waals surface area contributed by atoms with Crippen molar-refractivity contribution in [3.8, 4) is 0 Å². The Morgan fingerprint density at radius 3 is 2.54 bits per heavy atom. The molecule has 0 aliphatic heterocycles. The highest BCUT2D eigenvalue weighted by atomic mass is 19.1. The average molecular weight is 183 g/mol. The van der Waals surface area contributed by atoms with E-state index in [2.05, 4.69) is 0 Å². The Bertz CT molecular complexity index is 336. The van der Waals surface area contributed by atoms with Gasteiger partial charge in [0.05, 0.1) is 4.92 Å². The van der Waals surface area contributed by atoms with Crippen LogP contribution in [0, 0.1) is 15.9 Å². The standard InChI is InChI=1S/C9H10FNO2/c1-6(2)7-3-4-8(10)9(5-7)11(12)13/h3-6H,1-2H3. The van der Waals surface area contributed by atoms with Crippen LogP contribution in [0.4, 0.5) is 10.1 Å². The molecule has 0 N–H and O–H groups in total. The number of hydrogen-bond acceptors (Lipinski definition) is 2. The molecule has 0 fully saturated rings. The van der Waals surface area contributed by atoms with E-state index in [1.54, 1.807) is 6.07 Å². The molecule has 0 saturated heterocycles. The number of nitro groups is 1. The van der Waals surface area contributed by atoms with Crippen molar-refractivity contribution in [2.75, 3.05) is 0 Å². The highest BCUT2D eigenvalue weighted by Gasteiger charge is 2.14. The van der Waals surface area contributed by atoms with E-state index in [0.717, 1.165) is 11.6 Å². The molecule has 0 atom stereocenters. The third-order valence-corrected chi connectivity index (χ3v) is 1.83. The van der Waals surface area contributed by atoms with Crippen molar-refractivity contribution in [2.24, 2.45) is 0 Å². The van der Waals surface area contributed by atoms with Crippen LogP contribution in [0.3, 0.4) is 0 Å². The maximum absolute atomic E-state index is 12.8. The van der Waals surface area contributed by atoms with Crippen molar-refractivity contribution in [3.05, 3.63) is 39.7 Å². The van der Waals surface area contributed by atoms with E-state index in [1.165, 1.54) is 6.07 Å². The summed E-state index contributed by atoms with van der Waals surface area (Å²) in [5.74, 6) is -0.617. The van der Waals surface area contributed by atoms with E-state index in [1.807, 2.05) is 13.8 Å². The number of rotatable bonds is 2. The normalized spacial score (nSPS) is 10.5. The van der Waals surface area contributed by atoms with Gasteiger partial charge in [0.25, 0.3) is 0 Å². The van der Waals surface area contributed by atoms with Crippen LogP contribution in [-0.2, 0) is 0 Å². The Morgan fingerprint density at radius 1 is 1.46 bits per heavy atom. The molecule has 70 valence electrons. The predicted octanol–water partition coefficient (Wildman–Crippen LogP) is 2.86. The first-order chi connectivity index (χ1) is 6.02. The minimum Gasteiger partial charge on any atom is -0.258 e. The molecule has 0 aliphatic carbocycles. The number of benzene rings is 1. The minimum atomic E-state index is -0.783. The Balaban J connectivity index is 3.19. The second-order valence-electron chi connectivity index (χ2n) is 3.12. The van der Waals surface area contributed by atoms with E-state index in [9.17, 15) is 14.5 Å². The Morgan fingerprint density at radius 2 is 2.08 bits per heavy atom. The molecule has 3 nitrogen and oxygen atoms in total. The van der Waals surface area contributed by atoms with E-state index < -0.39 is 16.4 Å². The fraction of sp³-hybridized carbons (Fsp3) is 0.333. The lowest BCUT2D eigenvalue weighted by Crippen LogP contribution is -1.95. The van der Waals surface area contributed by atoms with Gasteiger partial charge in [-0.15, -0.1) is 0 Å². The maximum Gasteiger partial charge on any atom is 0.305 e. The second-order valence-corrected chi connectivity index (χ2v) is 3.12. The molecule has 1 aromatic carbocycles. The average Bonchev–Trinajstić information content (AvgIpc) is 2.04. The van der Waals surface area contributed by atoms with Crippen LogP contribution in [0.1, 0.15) is 25.3 Å². The van der Waals surface area contributed by atoms with Crippen LogP contribution in [0.15, 0.2) is 18.2 Å². The largest absolute Gasteiger partial charge is 0.305 e. The minimum absolute atomic E-state index is 0.166. The molecular weight excluding hydrogens is 173 g/mol. The fourth-order valence-electron chi connectivity index (χ4n) is 1.03. The van der Waals surface area contributed by atoms with Crippen LogP contribution in [0.25, 0.3) is 0 Å². The molecule has 13 heavy (non-hydrogen) atoms. The summed E-state index contributed by atoms with van der Waals surface area (Å²) in [6, 6.07) is 3.97. The molecule has 4 heteroatoms. The Kier molecular flexibility index (Phi) is 2.60. The van der Waals surface area contributed by atoms with E-state index in [4.69, 9.17) is 0 Å². The molecule has 0 amide bonds. The van der Waals surface area contributed by atoms with Gasteiger partial charge in [-0.3, -0.25) is 10.1 Å². The van der Waals surface area contributed by atoms with Gasteiger partial charge < -0.3 is 0 Å². The Labute approximate surface area is 75.3 Å². The monoisotopic (exact) mass is 183 g/mol. The molecule has 1 rings (SSSR count). The zero-order valence-electron chi connectivity index (χ0n) is 7.45. The summed E-state index contributed by atoms with van der Waals surface area (Å²) in [5, 5.41) is 10.4. The van der Waals surface area contributed by atoms with Gasteiger partial charge in [0.15, 0.2) is 0 Å². The van der Waals surface area contributed by atoms with Crippen LogP contribution >= 0.6 is 0 Å². The summed E-state index contributed by atoms with van der Waals surface area (Å²) in [6.45, 7) is 3.80. The van der Waals surface area contributed by atoms with Crippen molar-refractivity contribution in [1.29, 1.82) is 0 Å². The molecule has 0 saturated carbocycles. The van der Waals surface area contributed by atoms with E-state index >= 15 is 0 Å². The van der Waals surface area contributed by atoms with Gasteiger partial charge in [-0.2, -0.15) is 4.39 Å². The van der Waals surface area contributed by atoms with Crippen molar-refractivity contribution >= 4 is 5.69 Å². The van der Waals surface area contributed by atoms with E-state index in [-0.39, 0.29) is 5.92 Å². The molecule has 1 aromatic rings. The molecular formula is C9H10FNO2. The lowest BCUT2D eigenvalue weighted by Gasteiger charge is -2.04. The first-order valence-corrected chi connectivity index (χ1v) is 3.96. The topological polar surface area (TPSA) is 43.1 Å². The molecule has 0 heterocycles. The lowest BCUT2D eigenvalue weighted by molar-refractivity contribution is -0.387. The summed E-state index contributed by atoms with van der Waals surface area (Å²) in [4.78, 5) is 9.66. The number of nitrogens with zero attached hydrogens (tertiary/aromatic N) is 1. The number of nitro benzene ring substituents is 1. The summed E-state index contributed by atoms with van der Waals surface area (Å²) in [6.07, 6.45) is 0. The number of halogens is 1. The summed E-state index contributed by atoms with van der Waals surface area (Å²) < 4.78 is 12.8. The van der Waals surface area contributed by atoms with Crippen molar-refractivity contribution in [2.45, 2.75) is 19.8 Å². The van der Waals surface area contributed by atoms with Crippen LogP contribution in [0.5, 0.6) is 0 Å². The Hall–Kier alpha value is -1.45. The smallest absolute Gasteiger partial charge is 0.258 e. The van der Waals surface area contributed by atoms with Crippen LogP contribution in [-0.4, -0.2) is 4.92 Å². The summed E-state index contributed by atoms with van der Waals surface area (Å²) in [5.41, 5.74) is 0.319. The van der Waals surface area contributed by atoms with Gasteiger partial charge in [0.2, 0.25) is 5.82 Å². The highest BCUT2D eigenvalue weighted by molar-refractivity contribution is 5.37. The molecule has 0 radical (unpaired) electrons. The van der Waals surface area contributed by atoms with Crippen molar-refractivity contribution in [3.63, 3.8) is 0 Å². The molecule has 0 aromatic heterocycles. The quantitative estimate of drug-likeness (QED) is 0.522. The molecule has 0 unspecified atom stereocenters. The van der Waals surface area contributed by atoms with Crippen LogP contribution in [0.2, 0.25) is 0 Å². The van der Waals surface area contributed by atoms with Gasteiger partial charge >= 0.3 is 5.69 Å². The second kappa shape index (κ2) is 3.51. The zero-order valence-corrected chi connectivity index (χ0v) is 7.45. The zero-order chi connectivity index (χ0) is 10.0. The summed E-state index contributed by atoms with van der Waals surface area (Å²) in [7, 11) is 0. The third kappa shape index (κ3) is 2.02. The van der Waals surface area contributed by atoms with Gasteiger partial charge in [-0.25, -0.2) is 0 Å². The first kappa shape index (κ1) is 9.64. The molecule has 0 aliphatic rings. The van der Waals surface area contributed by atoms with Gasteiger partial charge in [-0.05, 0) is 17.5 Å². The number of hydrogen-bond donors (Lipinski definition) is 0. The van der Waals surface area contributed by atoms with Crippen molar-refractivity contribution in [1.82, 2.24) is 0 Å². The SMILES string of the molecule is CC(C)c1ccc(F)c([N+](=O)[O-])c1. The molecule has 0 bridgehead atoms. The van der Waals surface area contributed by atoms with Crippen LogP contribution < -0.4 is 0 Å². The first-order valence-electron chi connectivity index (χ1n) is 3.96. The summed E-state index contributed by atoms with van der Waals surface area (Å²) >= 11 is 0. The highest BCUT2D eigenvalue weighted by Crippen LogP contribution is 2.23. The van der Waals surface area contributed by atoms with Crippen molar-refractivity contribution < 1.29 is 9.31 Å². The molecule has 0 spiro atoms.